The highest BCUT2D eigenvalue weighted by Gasteiger charge is 2.18. The largest absolute Gasteiger partial charge is 0.228 e. The van der Waals surface area contributed by atoms with Crippen molar-refractivity contribution in [1.29, 1.82) is 0 Å². The number of fused-ring (bicyclic) bond motifs is 3. The van der Waals surface area contributed by atoms with Crippen LogP contribution in [0.4, 0.5) is 0 Å². The Morgan fingerprint density at radius 2 is 0.816 bits per heavy atom. The van der Waals surface area contributed by atoms with Crippen molar-refractivity contribution in [3.05, 3.63) is 164 Å². The Morgan fingerprint density at radius 1 is 0.327 bits per heavy atom. The highest BCUT2D eigenvalue weighted by atomic mass is 32.1. The number of hydrogen-bond acceptors (Lipinski definition) is 6. The molecule has 0 aliphatic carbocycles. The van der Waals surface area contributed by atoms with E-state index >= 15 is 0 Å². The number of benzene rings is 6. The molecule has 0 aliphatic rings. The molecule has 0 spiro atoms. The lowest BCUT2D eigenvalue weighted by atomic mass is 10.0. The van der Waals surface area contributed by atoms with Gasteiger partial charge in [-0.3, -0.25) is 0 Å². The van der Waals surface area contributed by atoms with E-state index in [2.05, 4.69) is 66.7 Å². The third-order valence-corrected chi connectivity index (χ3v) is 9.69. The van der Waals surface area contributed by atoms with Crippen molar-refractivity contribution in [2.45, 2.75) is 0 Å². The zero-order valence-electron chi connectivity index (χ0n) is 26.2. The van der Waals surface area contributed by atoms with E-state index in [1.54, 1.807) is 11.3 Å². The van der Waals surface area contributed by atoms with Crippen LogP contribution in [0.25, 0.3) is 88.2 Å². The van der Waals surface area contributed by atoms with Gasteiger partial charge in [0.25, 0.3) is 0 Å². The zero-order chi connectivity index (χ0) is 32.6. The molecule has 0 saturated carbocycles. The Bertz CT molecular complexity index is 2470. The van der Waals surface area contributed by atoms with Gasteiger partial charge in [-0.05, 0) is 30.3 Å². The van der Waals surface area contributed by atoms with Crippen LogP contribution >= 0.6 is 11.3 Å². The van der Waals surface area contributed by atoms with Crippen LogP contribution in [-0.2, 0) is 0 Å². The van der Waals surface area contributed by atoms with Gasteiger partial charge in [0.05, 0.1) is 11.4 Å². The molecule has 0 fully saturated rings. The van der Waals surface area contributed by atoms with Crippen molar-refractivity contribution >= 4 is 31.5 Å². The summed E-state index contributed by atoms with van der Waals surface area (Å²) < 4.78 is 2.38. The first kappa shape index (κ1) is 28.8. The van der Waals surface area contributed by atoms with Gasteiger partial charge in [-0.25, -0.2) is 24.9 Å². The third kappa shape index (κ3) is 5.54. The number of hydrogen-bond donors (Lipinski definition) is 0. The van der Waals surface area contributed by atoms with Gasteiger partial charge in [-0.2, -0.15) is 0 Å². The summed E-state index contributed by atoms with van der Waals surface area (Å²) >= 11 is 1.78. The van der Waals surface area contributed by atoms with Gasteiger partial charge in [0.15, 0.2) is 23.3 Å². The van der Waals surface area contributed by atoms with Crippen molar-refractivity contribution in [3.8, 4) is 68.1 Å². The fourth-order valence-electron chi connectivity index (χ4n) is 6.18. The lowest BCUT2D eigenvalue weighted by Gasteiger charge is -2.11. The van der Waals surface area contributed by atoms with E-state index < -0.39 is 0 Å². The van der Waals surface area contributed by atoms with Gasteiger partial charge in [0.1, 0.15) is 0 Å². The normalized spacial score (nSPS) is 11.3. The highest BCUT2D eigenvalue weighted by molar-refractivity contribution is 7.26. The summed E-state index contributed by atoms with van der Waals surface area (Å²) in [6, 6.07) is 55.7. The average Bonchev–Trinajstić information content (AvgIpc) is 3.57. The molecule has 9 aromatic rings. The maximum atomic E-state index is 5.17. The Hall–Kier alpha value is -6.37. The Balaban J connectivity index is 1.25. The molecule has 3 heterocycles. The minimum Gasteiger partial charge on any atom is -0.228 e. The van der Waals surface area contributed by atoms with E-state index in [1.807, 2.05) is 97.1 Å². The molecule has 0 radical (unpaired) electrons. The van der Waals surface area contributed by atoms with Gasteiger partial charge in [0, 0.05) is 53.6 Å². The van der Waals surface area contributed by atoms with E-state index in [-0.39, 0.29) is 0 Å². The smallest absolute Gasteiger partial charge is 0.164 e. The van der Waals surface area contributed by atoms with Crippen LogP contribution in [0.2, 0.25) is 0 Å². The fraction of sp³-hybridized carbons (Fsp3) is 0. The van der Waals surface area contributed by atoms with Crippen LogP contribution in [0.3, 0.4) is 0 Å². The maximum absolute atomic E-state index is 5.17. The van der Waals surface area contributed by atoms with Crippen LogP contribution in [0.5, 0.6) is 0 Å². The van der Waals surface area contributed by atoms with Gasteiger partial charge >= 0.3 is 0 Å². The molecule has 0 bridgehead atoms. The summed E-state index contributed by atoms with van der Waals surface area (Å²) in [7, 11) is 0. The van der Waals surface area contributed by atoms with Gasteiger partial charge < -0.3 is 0 Å². The Kier molecular flexibility index (Phi) is 7.26. The fourth-order valence-corrected chi connectivity index (χ4v) is 7.29. The molecule has 230 valence electrons. The zero-order valence-corrected chi connectivity index (χ0v) is 27.0. The summed E-state index contributed by atoms with van der Waals surface area (Å²) in [5.41, 5.74) is 7.66. The van der Waals surface area contributed by atoms with Crippen molar-refractivity contribution in [1.82, 2.24) is 24.9 Å². The first-order valence-electron chi connectivity index (χ1n) is 16.1. The second-order valence-corrected chi connectivity index (χ2v) is 12.8. The predicted octanol–water partition coefficient (Wildman–Crippen LogP) is 11.0. The molecule has 0 saturated heterocycles. The molecule has 0 amide bonds. The maximum Gasteiger partial charge on any atom is 0.164 e. The SMILES string of the molecule is c1ccc(-c2cc(-c3cccc4sc5ccc(-c6nc(-c7ccccc7)nc(-c7ccccc7)n6)cc5c34)nc(-c3ccccc3)n2)cc1. The monoisotopic (exact) mass is 645 g/mol. The lowest BCUT2D eigenvalue weighted by Crippen LogP contribution is -2.00. The van der Waals surface area contributed by atoms with Gasteiger partial charge in [0.2, 0.25) is 0 Å². The summed E-state index contributed by atoms with van der Waals surface area (Å²) in [6.07, 6.45) is 0. The van der Waals surface area contributed by atoms with E-state index in [9.17, 15) is 0 Å². The van der Waals surface area contributed by atoms with E-state index in [0.29, 0.717) is 23.3 Å². The summed E-state index contributed by atoms with van der Waals surface area (Å²) in [4.78, 5) is 25.1. The van der Waals surface area contributed by atoms with Crippen LogP contribution < -0.4 is 0 Å². The number of aromatic nitrogens is 5. The highest BCUT2D eigenvalue weighted by Crippen LogP contribution is 2.42. The molecular formula is C43H27N5S. The average molecular weight is 646 g/mol. The molecule has 0 atom stereocenters. The molecule has 0 N–H and O–H groups in total. The van der Waals surface area contributed by atoms with Crippen molar-refractivity contribution < 1.29 is 0 Å². The Morgan fingerprint density at radius 3 is 1.39 bits per heavy atom. The third-order valence-electron chi connectivity index (χ3n) is 8.56. The van der Waals surface area contributed by atoms with E-state index in [1.165, 1.54) is 9.40 Å². The lowest BCUT2D eigenvalue weighted by molar-refractivity contribution is 1.07. The molecule has 0 unspecified atom stereocenters. The second-order valence-electron chi connectivity index (χ2n) is 11.7. The van der Waals surface area contributed by atoms with Gasteiger partial charge in [-0.1, -0.05) is 133 Å². The summed E-state index contributed by atoms with van der Waals surface area (Å²) in [5, 5.41) is 2.29. The van der Waals surface area contributed by atoms with Crippen molar-refractivity contribution in [2.75, 3.05) is 0 Å². The predicted molar refractivity (Wildman–Crippen MR) is 201 cm³/mol. The molecule has 49 heavy (non-hydrogen) atoms. The van der Waals surface area contributed by atoms with E-state index in [0.717, 1.165) is 55.5 Å². The number of thiophene rings is 1. The van der Waals surface area contributed by atoms with Crippen LogP contribution in [0.15, 0.2) is 164 Å². The quantitative estimate of drug-likeness (QED) is 0.180. The van der Waals surface area contributed by atoms with Crippen molar-refractivity contribution in [2.24, 2.45) is 0 Å². The van der Waals surface area contributed by atoms with Crippen LogP contribution in [-0.4, -0.2) is 24.9 Å². The first-order chi connectivity index (χ1) is 24.3. The summed E-state index contributed by atoms with van der Waals surface area (Å²) in [6.45, 7) is 0. The van der Waals surface area contributed by atoms with Crippen LogP contribution in [0, 0.1) is 0 Å². The molecule has 6 aromatic carbocycles. The molecule has 5 nitrogen and oxygen atoms in total. The Labute approximate surface area is 287 Å². The minimum absolute atomic E-state index is 0.631. The molecule has 6 heteroatoms. The van der Waals surface area contributed by atoms with Gasteiger partial charge in [-0.15, -0.1) is 11.3 Å². The molecular weight excluding hydrogens is 619 g/mol. The summed E-state index contributed by atoms with van der Waals surface area (Å²) in [5.74, 6) is 2.61. The number of nitrogens with zero attached hydrogens (tertiary/aromatic N) is 5. The first-order valence-corrected chi connectivity index (χ1v) is 16.9. The standard InChI is InChI=1S/C43H27N5S/c1-5-14-28(15-6-1)35-27-36(45-40(44-35)29-16-7-2-8-17-29)33-22-13-23-38-39(33)34-26-32(24-25-37(34)49-38)43-47-41(30-18-9-3-10-19-30)46-42(48-43)31-20-11-4-12-21-31/h1-27H. The topological polar surface area (TPSA) is 64.5 Å². The van der Waals surface area contributed by atoms with Crippen molar-refractivity contribution in [3.63, 3.8) is 0 Å². The number of rotatable bonds is 6. The molecule has 0 aliphatic heterocycles. The minimum atomic E-state index is 0.631. The van der Waals surface area contributed by atoms with Crippen LogP contribution in [0.1, 0.15) is 0 Å². The molecule has 9 rings (SSSR count). The molecule has 3 aromatic heterocycles. The second kappa shape index (κ2) is 12.3. The van der Waals surface area contributed by atoms with E-state index in [4.69, 9.17) is 24.9 Å².